The van der Waals surface area contributed by atoms with Gasteiger partial charge in [0.2, 0.25) is 10.0 Å². The average molecular weight is 396 g/mol. The summed E-state index contributed by atoms with van der Waals surface area (Å²) in [5, 5.41) is 6.60. The van der Waals surface area contributed by atoms with Crippen LogP contribution in [-0.2, 0) is 10.0 Å². The van der Waals surface area contributed by atoms with Crippen LogP contribution in [0.15, 0.2) is 52.3 Å². The van der Waals surface area contributed by atoms with Gasteiger partial charge in [-0.25, -0.2) is 12.7 Å². The van der Waals surface area contributed by atoms with Gasteiger partial charge in [0.25, 0.3) is 0 Å². The zero-order valence-corrected chi connectivity index (χ0v) is 17.0. The van der Waals surface area contributed by atoms with Crippen molar-refractivity contribution in [2.75, 3.05) is 31.0 Å². The van der Waals surface area contributed by atoms with Gasteiger partial charge in [0.05, 0.1) is 4.90 Å². The summed E-state index contributed by atoms with van der Waals surface area (Å²) in [6, 6.07) is 12.8. The summed E-state index contributed by atoms with van der Waals surface area (Å²) in [6.07, 6.45) is 2.01. The maximum absolute atomic E-state index is 12.3. The molecule has 0 aliphatic heterocycles. The molecule has 2 N–H and O–H groups in total. The third-order valence-corrected chi connectivity index (χ3v) is 6.30. The Kier molecular flexibility index (Phi) is 6.45. The predicted octanol–water partition coefficient (Wildman–Crippen LogP) is 3.78. The number of nitrogens with one attached hydrogen (secondary N) is 2. The molecule has 0 aliphatic rings. The van der Waals surface area contributed by atoms with Crippen LogP contribution >= 0.6 is 24.0 Å². The molecule has 0 aliphatic carbocycles. The summed E-state index contributed by atoms with van der Waals surface area (Å²) in [7, 11) is -0.479. The minimum atomic E-state index is -3.49. The van der Waals surface area contributed by atoms with E-state index in [-0.39, 0.29) is 4.90 Å². The first-order valence-corrected chi connectivity index (χ1v) is 10.6. The van der Waals surface area contributed by atoms with Gasteiger partial charge in [-0.15, -0.1) is 11.8 Å². The van der Waals surface area contributed by atoms with Crippen molar-refractivity contribution >= 4 is 50.5 Å². The summed E-state index contributed by atoms with van der Waals surface area (Å²) < 4.78 is 25.8. The molecule has 25 heavy (non-hydrogen) atoms. The van der Waals surface area contributed by atoms with Gasteiger partial charge in [-0.3, -0.25) is 0 Å². The Labute approximate surface area is 158 Å². The minimum absolute atomic E-state index is 0.220. The normalized spacial score (nSPS) is 11.4. The SMILES string of the molecule is CSc1cccc(NC(=S)Nc2cc(S(=O)(=O)N(C)C)ccc2C)c1. The highest BCUT2D eigenvalue weighted by Gasteiger charge is 2.18. The molecule has 0 saturated heterocycles. The summed E-state index contributed by atoms with van der Waals surface area (Å²) in [6.45, 7) is 1.89. The van der Waals surface area contributed by atoms with Crippen molar-refractivity contribution in [3.8, 4) is 0 Å². The molecule has 0 aromatic heterocycles. The molecular weight excluding hydrogens is 374 g/mol. The summed E-state index contributed by atoms with van der Waals surface area (Å²) in [4.78, 5) is 1.35. The van der Waals surface area contributed by atoms with Gasteiger partial charge in [0.1, 0.15) is 0 Å². The Morgan fingerprint density at radius 1 is 1.12 bits per heavy atom. The highest BCUT2D eigenvalue weighted by Crippen LogP contribution is 2.23. The van der Waals surface area contributed by atoms with Crippen molar-refractivity contribution in [1.29, 1.82) is 0 Å². The first-order valence-electron chi connectivity index (χ1n) is 7.49. The van der Waals surface area contributed by atoms with E-state index in [4.69, 9.17) is 12.2 Å². The molecular formula is C17H21N3O2S3. The highest BCUT2D eigenvalue weighted by molar-refractivity contribution is 7.98. The molecule has 0 heterocycles. The number of sulfonamides is 1. The van der Waals surface area contributed by atoms with Gasteiger partial charge >= 0.3 is 0 Å². The molecule has 5 nitrogen and oxygen atoms in total. The molecule has 8 heteroatoms. The summed E-state index contributed by atoms with van der Waals surface area (Å²) >= 11 is 7.01. The fourth-order valence-electron chi connectivity index (χ4n) is 2.09. The molecule has 134 valence electrons. The monoisotopic (exact) mass is 395 g/mol. The van der Waals surface area contributed by atoms with Crippen molar-refractivity contribution in [3.05, 3.63) is 48.0 Å². The number of anilines is 2. The van der Waals surface area contributed by atoms with Crippen molar-refractivity contribution in [2.24, 2.45) is 0 Å². The lowest BCUT2D eigenvalue weighted by Gasteiger charge is -2.16. The molecule has 2 aromatic rings. The maximum Gasteiger partial charge on any atom is 0.242 e. The fourth-order valence-corrected chi connectivity index (χ4v) is 3.71. The molecule has 2 rings (SSSR count). The van der Waals surface area contributed by atoms with Crippen molar-refractivity contribution in [3.63, 3.8) is 0 Å². The molecule has 0 unspecified atom stereocenters. The average Bonchev–Trinajstić information content (AvgIpc) is 2.56. The second kappa shape index (κ2) is 8.18. The van der Waals surface area contributed by atoms with Crippen LogP contribution in [0.2, 0.25) is 0 Å². The molecule has 0 atom stereocenters. The topological polar surface area (TPSA) is 61.4 Å². The van der Waals surface area contributed by atoms with Gasteiger partial charge in [-0.2, -0.15) is 0 Å². The molecule has 0 spiro atoms. The number of hydrogen-bond donors (Lipinski definition) is 2. The smallest absolute Gasteiger partial charge is 0.242 e. The van der Waals surface area contributed by atoms with Crippen LogP contribution in [0.3, 0.4) is 0 Å². The zero-order valence-electron chi connectivity index (χ0n) is 14.5. The standard InChI is InChI=1S/C17H21N3O2S3/c1-12-8-9-15(25(21,22)20(2)3)11-16(12)19-17(23)18-13-6-5-7-14(10-13)24-4/h5-11H,1-4H3,(H2,18,19,23). The second-order valence-electron chi connectivity index (χ2n) is 5.58. The minimum Gasteiger partial charge on any atom is -0.332 e. The van der Waals surface area contributed by atoms with Gasteiger partial charge in [-0.1, -0.05) is 12.1 Å². The third kappa shape index (κ3) is 4.94. The highest BCUT2D eigenvalue weighted by atomic mass is 32.2. The Hall–Kier alpha value is -1.61. The first kappa shape index (κ1) is 19.7. The lowest BCUT2D eigenvalue weighted by atomic mass is 10.2. The van der Waals surface area contributed by atoms with Crippen molar-refractivity contribution < 1.29 is 8.42 Å². The summed E-state index contributed by atoms with van der Waals surface area (Å²) in [5.74, 6) is 0. The van der Waals surface area contributed by atoms with E-state index in [1.807, 2.05) is 37.4 Å². The van der Waals surface area contributed by atoms with Crippen LogP contribution in [0.4, 0.5) is 11.4 Å². The first-order chi connectivity index (χ1) is 11.7. The summed E-state index contributed by atoms with van der Waals surface area (Å²) in [5.41, 5.74) is 2.43. The van der Waals surface area contributed by atoms with Crippen LogP contribution < -0.4 is 10.6 Å². The van der Waals surface area contributed by atoms with Crippen LogP contribution in [0, 0.1) is 6.92 Å². The molecule has 0 radical (unpaired) electrons. The quantitative estimate of drug-likeness (QED) is 0.593. The molecule has 0 saturated carbocycles. The number of benzene rings is 2. The van der Waals surface area contributed by atoms with Crippen molar-refractivity contribution in [2.45, 2.75) is 16.7 Å². The molecule has 0 amide bonds. The maximum atomic E-state index is 12.3. The lowest BCUT2D eigenvalue weighted by molar-refractivity contribution is 0.521. The van der Waals surface area contributed by atoms with Crippen LogP contribution in [0.1, 0.15) is 5.56 Å². The van der Waals surface area contributed by atoms with E-state index in [0.717, 1.165) is 16.1 Å². The number of nitrogens with zero attached hydrogens (tertiary/aromatic N) is 1. The number of aryl methyl sites for hydroxylation is 1. The fraction of sp³-hybridized carbons (Fsp3) is 0.235. The van der Waals surface area contributed by atoms with E-state index >= 15 is 0 Å². The largest absolute Gasteiger partial charge is 0.332 e. The molecule has 0 bridgehead atoms. The van der Waals surface area contributed by atoms with Gasteiger partial charge in [-0.05, 0) is 61.3 Å². The zero-order chi connectivity index (χ0) is 18.6. The van der Waals surface area contributed by atoms with Gasteiger partial charge in [0.15, 0.2) is 5.11 Å². The predicted molar refractivity (Wildman–Crippen MR) is 110 cm³/mol. The lowest BCUT2D eigenvalue weighted by Crippen LogP contribution is -2.23. The van der Waals surface area contributed by atoms with E-state index in [1.165, 1.54) is 18.4 Å². The van der Waals surface area contributed by atoms with E-state index in [0.29, 0.717) is 10.8 Å². The van der Waals surface area contributed by atoms with E-state index in [1.54, 1.807) is 30.0 Å². The van der Waals surface area contributed by atoms with E-state index < -0.39 is 10.0 Å². The van der Waals surface area contributed by atoms with Crippen LogP contribution in [0.25, 0.3) is 0 Å². The van der Waals surface area contributed by atoms with Gasteiger partial charge < -0.3 is 10.6 Å². The number of thioether (sulfide) groups is 1. The van der Waals surface area contributed by atoms with Crippen molar-refractivity contribution in [1.82, 2.24) is 4.31 Å². The van der Waals surface area contributed by atoms with Crippen LogP contribution in [0.5, 0.6) is 0 Å². The second-order valence-corrected chi connectivity index (χ2v) is 9.01. The Balaban J connectivity index is 2.20. The number of thiocarbonyl (C=S) groups is 1. The Morgan fingerprint density at radius 3 is 2.48 bits per heavy atom. The third-order valence-electron chi connectivity index (χ3n) is 3.56. The Morgan fingerprint density at radius 2 is 1.84 bits per heavy atom. The Bertz CT molecular complexity index is 880. The van der Waals surface area contributed by atoms with Crippen LogP contribution in [-0.4, -0.2) is 38.2 Å². The van der Waals surface area contributed by atoms with Gasteiger partial charge in [0, 0.05) is 30.4 Å². The molecule has 2 aromatic carbocycles. The molecule has 0 fully saturated rings. The number of rotatable bonds is 5. The van der Waals surface area contributed by atoms with E-state index in [9.17, 15) is 8.42 Å². The number of hydrogen-bond acceptors (Lipinski definition) is 4. The van der Waals surface area contributed by atoms with E-state index in [2.05, 4.69) is 10.6 Å².